The zero-order valence-corrected chi connectivity index (χ0v) is 20.8. The molecule has 5 heterocycles. The third-order valence-corrected chi connectivity index (χ3v) is 8.26. The van der Waals surface area contributed by atoms with Crippen LogP contribution in [0, 0.1) is 0 Å². The molecule has 0 bridgehead atoms. The molecule has 16 heteroatoms. The number of nitrogens with one attached hydrogen (secondary N) is 1. The predicted octanol–water partition coefficient (Wildman–Crippen LogP) is -1.86. The Hall–Kier alpha value is -3.47. The van der Waals surface area contributed by atoms with Gasteiger partial charge in [0, 0.05) is 22.1 Å². The summed E-state index contributed by atoms with van der Waals surface area (Å²) in [6.07, 6.45) is 5.64. The number of nitrogens with two attached hydrogens (primary N) is 1. The Morgan fingerprint density at radius 3 is 2.94 bits per heavy atom. The fourth-order valence-electron chi connectivity index (χ4n) is 3.89. The molecular formula is C20H19N7O6S3. The lowest BCUT2D eigenvalue weighted by molar-refractivity contribution is -0.687. The molecular weight excluding hydrogens is 530 g/mol. The highest BCUT2D eigenvalue weighted by Gasteiger charge is 2.53. The number of carbonyl (C=O) groups excluding carboxylic acids is 3. The molecule has 1 fully saturated rings. The molecule has 2 amide bonds. The van der Waals surface area contributed by atoms with Crippen LogP contribution in [0.25, 0.3) is 4.83 Å². The number of nitrogens with zero attached hydrogens (tertiary/aromatic N) is 5. The van der Waals surface area contributed by atoms with Crippen molar-refractivity contribution < 1.29 is 34.0 Å². The standard InChI is InChI=1S/C20H19N7O6S3/c21-20-22-11(8-36-20)13(24-33-3-2-28)16(29)23-14-17(30)27-15(19(31)32)10(7-35-18(14)27)5-25-6-12-26(9-25)1-4-34-12/h1,4,6,8-9,14,18,28H,2-3,5,7H2,(H3-,21,22,23,29,31,32)/b24-13-/t14-,18-/m1/s1. The van der Waals surface area contributed by atoms with Gasteiger partial charge in [-0.3, -0.25) is 14.5 Å². The number of aromatic nitrogens is 3. The number of carbonyl (C=O) groups is 3. The van der Waals surface area contributed by atoms with Crippen molar-refractivity contribution in [2.75, 3.05) is 24.7 Å². The van der Waals surface area contributed by atoms with Crippen LogP contribution in [0.3, 0.4) is 0 Å². The average Bonchev–Trinajstić information content (AvgIpc) is 3.56. The molecule has 4 N–H and O–H groups in total. The Labute approximate surface area is 215 Å². The van der Waals surface area contributed by atoms with Gasteiger partial charge in [-0.05, 0) is 0 Å². The first-order valence-electron chi connectivity index (χ1n) is 10.5. The number of β-lactam (4-membered cyclic amide) rings is 1. The maximum absolute atomic E-state index is 13.0. The Kier molecular flexibility index (Phi) is 6.65. The predicted molar refractivity (Wildman–Crippen MR) is 129 cm³/mol. The number of rotatable bonds is 9. The molecule has 2 aliphatic heterocycles. The first kappa shape index (κ1) is 24.2. The highest BCUT2D eigenvalue weighted by molar-refractivity contribution is 8.00. The van der Waals surface area contributed by atoms with E-state index in [0.717, 1.165) is 21.1 Å². The Bertz CT molecular complexity index is 1380. The second-order valence-electron chi connectivity index (χ2n) is 7.73. The van der Waals surface area contributed by atoms with Gasteiger partial charge in [-0.15, -0.1) is 23.1 Å². The minimum atomic E-state index is -1.45. The zero-order valence-electron chi connectivity index (χ0n) is 18.4. The van der Waals surface area contributed by atoms with Crippen LogP contribution in [0.15, 0.2) is 45.9 Å². The maximum atomic E-state index is 13.0. The van der Waals surface area contributed by atoms with Gasteiger partial charge in [0.25, 0.3) is 11.8 Å². The van der Waals surface area contributed by atoms with E-state index in [0.29, 0.717) is 11.3 Å². The molecule has 0 radical (unpaired) electrons. The van der Waals surface area contributed by atoms with E-state index in [1.54, 1.807) is 11.3 Å². The van der Waals surface area contributed by atoms with Gasteiger partial charge >= 0.3 is 0 Å². The van der Waals surface area contributed by atoms with Crippen molar-refractivity contribution in [1.82, 2.24) is 19.6 Å². The van der Waals surface area contributed by atoms with Gasteiger partial charge in [-0.25, -0.2) is 9.55 Å². The molecule has 0 saturated carbocycles. The average molecular weight is 550 g/mol. The molecule has 0 aliphatic carbocycles. The number of oxime groups is 1. The number of carboxylic acids is 1. The topological polar surface area (TPSA) is 179 Å². The molecule has 0 unspecified atom stereocenters. The number of amides is 2. The molecule has 36 heavy (non-hydrogen) atoms. The van der Waals surface area contributed by atoms with Crippen LogP contribution in [0.4, 0.5) is 5.13 Å². The van der Waals surface area contributed by atoms with Crippen molar-refractivity contribution in [2.24, 2.45) is 5.16 Å². The minimum absolute atomic E-state index is 0.147. The number of carboxylic acid groups (broad SMARTS) is 1. The van der Waals surface area contributed by atoms with Gasteiger partial charge in [0.15, 0.2) is 10.8 Å². The first-order valence-corrected chi connectivity index (χ1v) is 13.3. The van der Waals surface area contributed by atoms with E-state index in [-0.39, 0.29) is 42.0 Å². The number of nitrogen functional groups attached to an aromatic ring is 1. The van der Waals surface area contributed by atoms with E-state index in [4.69, 9.17) is 15.7 Å². The van der Waals surface area contributed by atoms with Crippen molar-refractivity contribution in [3.8, 4) is 0 Å². The third kappa shape index (κ3) is 4.43. The summed E-state index contributed by atoms with van der Waals surface area (Å²) in [5, 5.41) is 30.3. The summed E-state index contributed by atoms with van der Waals surface area (Å²) in [5.41, 5.74) is 5.94. The van der Waals surface area contributed by atoms with Crippen LogP contribution in [0.5, 0.6) is 0 Å². The maximum Gasteiger partial charge on any atom is 0.276 e. The number of fused-ring (bicyclic) bond motifs is 2. The molecule has 188 valence electrons. The van der Waals surface area contributed by atoms with Crippen LogP contribution in [0.1, 0.15) is 5.69 Å². The summed E-state index contributed by atoms with van der Waals surface area (Å²) in [5.74, 6) is -2.43. The Morgan fingerprint density at radius 2 is 2.25 bits per heavy atom. The third-order valence-electron chi connectivity index (χ3n) is 5.43. The van der Waals surface area contributed by atoms with Crippen LogP contribution in [-0.2, 0) is 25.8 Å². The number of hydrogen-bond donors (Lipinski definition) is 3. The van der Waals surface area contributed by atoms with Crippen LogP contribution < -0.4 is 20.7 Å². The van der Waals surface area contributed by atoms with Crippen LogP contribution in [0.2, 0.25) is 0 Å². The van der Waals surface area contributed by atoms with Crippen molar-refractivity contribution >= 4 is 67.9 Å². The number of thioether (sulfide) groups is 1. The van der Waals surface area contributed by atoms with Crippen molar-refractivity contribution in [3.05, 3.63) is 46.4 Å². The van der Waals surface area contributed by atoms with E-state index in [9.17, 15) is 19.5 Å². The van der Waals surface area contributed by atoms with Crippen LogP contribution in [-0.4, -0.2) is 73.3 Å². The fraction of sp³-hybridized carbons (Fsp3) is 0.300. The quantitative estimate of drug-likeness (QED) is 0.0908. The van der Waals surface area contributed by atoms with E-state index in [1.165, 1.54) is 17.1 Å². The zero-order chi connectivity index (χ0) is 25.4. The summed E-state index contributed by atoms with van der Waals surface area (Å²) >= 11 is 3.99. The van der Waals surface area contributed by atoms with Gasteiger partial charge < -0.3 is 30.9 Å². The molecule has 3 aromatic rings. The number of aliphatic carboxylic acids is 1. The van der Waals surface area contributed by atoms with Crippen molar-refractivity contribution in [1.29, 1.82) is 0 Å². The van der Waals surface area contributed by atoms with Crippen molar-refractivity contribution in [2.45, 2.75) is 18.0 Å². The Morgan fingerprint density at radius 1 is 1.42 bits per heavy atom. The summed E-state index contributed by atoms with van der Waals surface area (Å²) in [4.78, 5) is 49.1. The smallest absolute Gasteiger partial charge is 0.276 e. The van der Waals surface area contributed by atoms with Gasteiger partial charge in [0.05, 0.1) is 18.3 Å². The second-order valence-corrected chi connectivity index (χ2v) is 10.7. The summed E-state index contributed by atoms with van der Waals surface area (Å²) < 4.78 is 3.77. The summed E-state index contributed by atoms with van der Waals surface area (Å²) in [7, 11) is 0. The van der Waals surface area contributed by atoms with E-state index in [2.05, 4.69) is 15.5 Å². The lowest BCUT2D eigenvalue weighted by atomic mass is 10.0. The lowest BCUT2D eigenvalue weighted by Gasteiger charge is -2.50. The molecule has 2 atom stereocenters. The van der Waals surface area contributed by atoms with Crippen LogP contribution >= 0.6 is 34.4 Å². The molecule has 0 spiro atoms. The highest BCUT2D eigenvalue weighted by atomic mass is 32.2. The van der Waals surface area contributed by atoms with Gasteiger partial charge in [-0.2, -0.15) is 4.40 Å². The highest BCUT2D eigenvalue weighted by Crippen LogP contribution is 2.40. The number of anilines is 1. The Balaban J connectivity index is 1.34. The van der Waals surface area contributed by atoms with Crippen molar-refractivity contribution in [3.63, 3.8) is 0 Å². The number of aliphatic hydroxyl groups excluding tert-OH is 1. The lowest BCUT2D eigenvalue weighted by Crippen LogP contribution is -2.71. The molecule has 0 aromatic carbocycles. The van der Waals surface area contributed by atoms with Gasteiger partial charge in [0.1, 0.15) is 42.7 Å². The monoisotopic (exact) mass is 549 g/mol. The van der Waals surface area contributed by atoms with E-state index < -0.39 is 29.2 Å². The number of imidazole rings is 1. The summed E-state index contributed by atoms with van der Waals surface area (Å²) in [6, 6.07) is -0.982. The SMILES string of the molecule is Nc1nc(/C(=N/OCCO)C(=O)N[C@@H]2C(=O)N3C(C(=O)[O-])=C(C[n+]4cc5sccn5c4)CS[C@H]23)cs1. The van der Waals surface area contributed by atoms with Gasteiger partial charge in [-0.1, -0.05) is 16.5 Å². The fourth-order valence-corrected chi connectivity index (χ4v) is 6.53. The number of thiazole rings is 2. The second kappa shape index (κ2) is 9.88. The number of aliphatic hydroxyl groups is 1. The normalized spacial score (nSPS) is 19.9. The minimum Gasteiger partial charge on any atom is -0.543 e. The molecule has 5 rings (SSSR count). The number of hydrogen-bond acceptors (Lipinski definition) is 12. The molecule has 1 saturated heterocycles. The summed E-state index contributed by atoms with van der Waals surface area (Å²) in [6.45, 7) is -0.180. The molecule has 13 nitrogen and oxygen atoms in total. The molecule has 3 aromatic heterocycles. The van der Waals surface area contributed by atoms with E-state index >= 15 is 0 Å². The van der Waals surface area contributed by atoms with E-state index in [1.807, 2.05) is 33.1 Å². The first-order chi connectivity index (χ1) is 17.4. The largest absolute Gasteiger partial charge is 0.543 e. The van der Waals surface area contributed by atoms with Gasteiger partial charge in [0.2, 0.25) is 11.2 Å². The molecule has 2 aliphatic rings.